The van der Waals surface area contributed by atoms with Gasteiger partial charge in [-0.15, -0.1) is 11.8 Å². The Balaban J connectivity index is 2.00. The molecule has 1 aliphatic heterocycles. The van der Waals surface area contributed by atoms with Crippen LogP contribution < -0.4 is 0 Å². The van der Waals surface area contributed by atoms with E-state index >= 15 is 0 Å². The molecule has 2 unspecified atom stereocenters. The monoisotopic (exact) mass is 298 g/mol. The van der Waals surface area contributed by atoms with Crippen LogP contribution in [0.3, 0.4) is 0 Å². The number of esters is 1. The summed E-state index contributed by atoms with van der Waals surface area (Å²) in [7, 11) is 0. The standard InChI is InChI=1S/C18H18O2S/c1-18(14-6-4-3-5-7-14)12-16(19)20-17(18)13-8-10-15(21-2)11-9-13/h3-11,17H,12H2,1-2H3. The third kappa shape index (κ3) is 2.58. The van der Waals surface area contributed by atoms with Crippen molar-refractivity contribution in [3.05, 3.63) is 65.7 Å². The maximum absolute atomic E-state index is 11.9. The van der Waals surface area contributed by atoms with Crippen molar-refractivity contribution >= 4 is 17.7 Å². The van der Waals surface area contributed by atoms with Gasteiger partial charge in [0.25, 0.3) is 0 Å². The molecule has 21 heavy (non-hydrogen) atoms. The molecule has 2 aromatic carbocycles. The SMILES string of the molecule is CSc1ccc(C2OC(=O)CC2(C)c2ccccc2)cc1. The van der Waals surface area contributed by atoms with Crippen LogP contribution >= 0.6 is 11.8 Å². The first kappa shape index (κ1) is 14.2. The Morgan fingerprint density at radius 2 is 1.76 bits per heavy atom. The number of cyclic esters (lactones) is 1. The lowest BCUT2D eigenvalue weighted by atomic mass is 9.74. The first-order valence-corrected chi connectivity index (χ1v) is 8.25. The lowest BCUT2D eigenvalue weighted by molar-refractivity contribution is -0.141. The van der Waals surface area contributed by atoms with Crippen molar-refractivity contribution in [1.82, 2.24) is 0 Å². The van der Waals surface area contributed by atoms with Gasteiger partial charge < -0.3 is 4.74 Å². The summed E-state index contributed by atoms with van der Waals surface area (Å²) in [5.74, 6) is -0.125. The third-order valence-corrected chi connectivity index (χ3v) is 4.93. The van der Waals surface area contributed by atoms with E-state index in [1.807, 2.05) is 18.2 Å². The van der Waals surface area contributed by atoms with Crippen molar-refractivity contribution in [3.63, 3.8) is 0 Å². The van der Waals surface area contributed by atoms with Crippen molar-refractivity contribution < 1.29 is 9.53 Å². The molecule has 2 nitrogen and oxygen atoms in total. The van der Waals surface area contributed by atoms with Crippen LogP contribution in [0, 0.1) is 0 Å². The Labute approximate surface area is 129 Å². The number of thioether (sulfide) groups is 1. The van der Waals surface area contributed by atoms with Gasteiger partial charge in [0, 0.05) is 10.3 Å². The minimum Gasteiger partial charge on any atom is -0.456 e. The first-order valence-electron chi connectivity index (χ1n) is 7.02. The number of hydrogen-bond donors (Lipinski definition) is 0. The Morgan fingerprint density at radius 3 is 2.38 bits per heavy atom. The molecule has 0 saturated carbocycles. The molecule has 0 aromatic heterocycles. The highest BCUT2D eigenvalue weighted by Crippen LogP contribution is 2.47. The summed E-state index contributed by atoms with van der Waals surface area (Å²) in [5.41, 5.74) is 1.90. The van der Waals surface area contributed by atoms with Crippen LogP contribution in [0.4, 0.5) is 0 Å². The van der Waals surface area contributed by atoms with E-state index in [-0.39, 0.29) is 17.5 Å². The van der Waals surface area contributed by atoms with Crippen molar-refractivity contribution in [1.29, 1.82) is 0 Å². The molecule has 2 aromatic rings. The second-order valence-corrected chi connectivity index (χ2v) is 6.48. The van der Waals surface area contributed by atoms with Crippen LogP contribution in [0.2, 0.25) is 0 Å². The summed E-state index contributed by atoms with van der Waals surface area (Å²) in [6.45, 7) is 2.11. The van der Waals surface area contributed by atoms with Gasteiger partial charge in [0.15, 0.2) is 0 Å². The largest absolute Gasteiger partial charge is 0.456 e. The molecule has 1 saturated heterocycles. The Bertz CT molecular complexity index is 636. The van der Waals surface area contributed by atoms with Crippen molar-refractivity contribution in [2.45, 2.75) is 29.8 Å². The van der Waals surface area contributed by atoms with Gasteiger partial charge in [0.1, 0.15) is 6.10 Å². The number of hydrogen-bond acceptors (Lipinski definition) is 3. The molecule has 0 amide bonds. The van der Waals surface area contributed by atoms with Crippen LogP contribution in [0.25, 0.3) is 0 Å². The molecule has 0 aliphatic carbocycles. The highest BCUT2D eigenvalue weighted by Gasteiger charge is 2.47. The average Bonchev–Trinajstić information content (AvgIpc) is 2.84. The second kappa shape index (κ2) is 5.57. The van der Waals surface area contributed by atoms with E-state index in [9.17, 15) is 4.79 Å². The number of ether oxygens (including phenoxy) is 1. The number of rotatable bonds is 3. The van der Waals surface area contributed by atoms with E-state index in [0.29, 0.717) is 6.42 Å². The smallest absolute Gasteiger partial charge is 0.307 e. The van der Waals surface area contributed by atoms with E-state index < -0.39 is 0 Å². The lowest BCUT2D eigenvalue weighted by Gasteiger charge is -2.29. The van der Waals surface area contributed by atoms with Crippen LogP contribution in [0.15, 0.2) is 59.5 Å². The Kier molecular flexibility index (Phi) is 3.77. The molecule has 1 fully saturated rings. The summed E-state index contributed by atoms with van der Waals surface area (Å²) < 4.78 is 5.65. The zero-order valence-electron chi connectivity index (χ0n) is 12.2. The Hall–Kier alpha value is -1.74. The van der Waals surface area contributed by atoms with Gasteiger partial charge in [0.05, 0.1) is 6.42 Å². The van der Waals surface area contributed by atoms with Crippen LogP contribution in [-0.4, -0.2) is 12.2 Å². The third-order valence-electron chi connectivity index (χ3n) is 4.19. The van der Waals surface area contributed by atoms with Crippen molar-refractivity contribution in [2.75, 3.05) is 6.26 Å². The van der Waals surface area contributed by atoms with Crippen LogP contribution in [0.5, 0.6) is 0 Å². The summed E-state index contributed by atoms with van der Waals surface area (Å²) >= 11 is 1.71. The maximum atomic E-state index is 11.9. The molecule has 0 bridgehead atoms. The molecule has 1 heterocycles. The van der Waals surface area contributed by atoms with Gasteiger partial charge in [-0.25, -0.2) is 0 Å². The van der Waals surface area contributed by atoms with Crippen LogP contribution in [0.1, 0.15) is 30.6 Å². The lowest BCUT2D eigenvalue weighted by Crippen LogP contribution is -2.25. The van der Waals surface area contributed by atoms with Crippen molar-refractivity contribution in [3.8, 4) is 0 Å². The van der Waals surface area contributed by atoms with E-state index in [1.165, 1.54) is 4.90 Å². The number of carbonyl (C=O) groups is 1. The van der Waals surface area contributed by atoms with Crippen molar-refractivity contribution in [2.24, 2.45) is 0 Å². The second-order valence-electron chi connectivity index (χ2n) is 5.60. The van der Waals surface area contributed by atoms with Gasteiger partial charge in [0.2, 0.25) is 0 Å². The first-order chi connectivity index (χ1) is 10.1. The van der Waals surface area contributed by atoms with E-state index in [4.69, 9.17) is 4.74 Å². The zero-order valence-corrected chi connectivity index (χ0v) is 13.0. The summed E-state index contributed by atoms with van der Waals surface area (Å²) in [6, 6.07) is 18.5. The topological polar surface area (TPSA) is 26.3 Å². The summed E-state index contributed by atoms with van der Waals surface area (Å²) in [4.78, 5) is 13.1. The summed E-state index contributed by atoms with van der Waals surface area (Å²) in [6.07, 6.45) is 2.26. The molecule has 108 valence electrons. The molecule has 0 radical (unpaired) electrons. The van der Waals surface area contributed by atoms with E-state index in [1.54, 1.807) is 11.8 Å². The number of carbonyl (C=O) groups excluding carboxylic acids is 1. The molecular formula is C18H18O2S. The molecule has 3 heteroatoms. The molecule has 0 N–H and O–H groups in total. The highest BCUT2D eigenvalue weighted by molar-refractivity contribution is 7.98. The van der Waals surface area contributed by atoms with Gasteiger partial charge in [-0.05, 0) is 29.5 Å². The van der Waals surface area contributed by atoms with Gasteiger partial charge in [-0.3, -0.25) is 4.79 Å². The fourth-order valence-electron chi connectivity index (χ4n) is 2.98. The molecular weight excluding hydrogens is 280 g/mol. The van der Waals surface area contributed by atoms with Gasteiger partial charge in [-0.1, -0.05) is 49.4 Å². The maximum Gasteiger partial charge on any atom is 0.307 e. The molecule has 2 atom stereocenters. The minimum absolute atomic E-state index is 0.125. The fraction of sp³-hybridized carbons (Fsp3) is 0.278. The summed E-state index contributed by atoms with van der Waals surface area (Å²) in [5, 5.41) is 0. The van der Waals surface area contributed by atoms with Crippen LogP contribution in [-0.2, 0) is 14.9 Å². The van der Waals surface area contributed by atoms with E-state index in [0.717, 1.165) is 11.1 Å². The predicted octanol–water partition coefficient (Wildman–Crippen LogP) is 4.35. The quantitative estimate of drug-likeness (QED) is 0.622. The van der Waals surface area contributed by atoms with Gasteiger partial charge in [-0.2, -0.15) is 0 Å². The van der Waals surface area contributed by atoms with E-state index in [2.05, 4.69) is 49.6 Å². The van der Waals surface area contributed by atoms with Gasteiger partial charge >= 0.3 is 5.97 Å². The fourth-order valence-corrected chi connectivity index (χ4v) is 3.39. The molecule has 3 rings (SSSR count). The number of benzene rings is 2. The molecule has 0 spiro atoms. The zero-order chi connectivity index (χ0) is 14.9. The normalized spacial score (nSPS) is 24.9. The highest BCUT2D eigenvalue weighted by atomic mass is 32.2. The molecule has 1 aliphatic rings. The minimum atomic E-state index is -0.306. The average molecular weight is 298 g/mol. The predicted molar refractivity (Wildman–Crippen MR) is 85.5 cm³/mol. The Morgan fingerprint density at radius 1 is 1.10 bits per heavy atom.